The van der Waals surface area contributed by atoms with E-state index in [4.69, 9.17) is 5.73 Å². The van der Waals surface area contributed by atoms with E-state index in [1.165, 1.54) is 6.07 Å². The van der Waals surface area contributed by atoms with Gasteiger partial charge in [0.2, 0.25) is 0 Å². The summed E-state index contributed by atoms with van der Waals surface area (Å²) in [6, 6.07) is 10.7. The predicted molar refractivity (Wildman–Crippen MR) is 70.0 cm³/mol. The zero-order chi connectivity index (χ0) is 12.4. The molecule has 0 bridgehead atoms. The van der Waals surface area contributed by atoms with Crippen molar-refractivity contribution >= 4 is 17.1 Å². The first-order chi connectivity index (χ1) is 8.06. The largest absolute Gasteiger partial charge is 0.399 e. The molecule has 0 saturated heterocycles. The van der Waals surface area contributed by atoms with Crippen LogP contribution in [0, 0.1) is 19.7 Å². The van der Waals surface area contributed by atoms with Crippen molar-refractivity contribution in [2.75, 3.05) is 11.1 Å². The lowest BCUT2D eigenvalue weighted by Crippen LogP contribution is -1.95. The summed E-state index contributed by atoms with van der Waals surface area (Å²) in [5.41, 5.74) is 9.98. The normalized spacial score (nSPS) is 10.3. The molecule has 0 heterocycles. The van der Waals surface area contributed by atoms with E-state index in [-0.39, 0.29) is 5.82 Å². The van der Waals surface area contributed by atoms with Gasteiger partial charge in [0, 0.05) is 17.1 Å². The Morgan fingerprint density at radius 1 is 0.941 bits per heavy atom. The van der Waals surface area contributed by atoms with E-state index in [0.717, 1.165) is 22.6 Å². The summed E-state index contributed by atoms with van der Waals surface area (Å²) in [7, 11) is 0. The summed E-state index contributed by atoms with van der Waals surface area (Å²) >= 11 is 0. The van der Waals surface area contributed by atoms with Gasteiger partial charge in [0.15, 0.2) is 0 Å². The van der Waals surface area contributed by atoms with Crippen molar-refractivity contribution in [1.82, 2.24) is 0 Å². The minimum absolute atomic E-state index is 0.191. The summed E-state index contributed by atoms with van der Waals surface area (Å²) in [4.78, 5) is 0. The molecule has 0 unspecified atom stereocenters. The molecule has 0 saturated carbocycles. The highest BCUT2D eigenvalue weighted by atomic mass is 19.1. The van der Waals surface area contributed by atoms with E-state index in [1.54, 1.807) is 19.1 Å². The number of nitrogens with one attached hydrogen (secondary N) is 1. The Morgan fingerprint density at radius 2 is 1.53 bits per heavy atom. The molecule has 88 valence electrons. The number of halogens is 1. The molecule has 2 aromatic rings. The van der Waals surface area contributed by atoms with Gasteiger partial charge in [-0.2, -0.15) is 0 Å². The molecular formula is C14H15FN2. The Kier molecular flexibility index (Phi) is 3.00. The van der Waals surface area contributed by atoms with Gasteiger partial charge in [0.05, 0.1) is 0 Å². The van der Waals surface area contributed by atoms with Crippen molar-refractivity contribution in [2.24, 2.45) is 0 Å². The van der Waals surface area contributed by atoms with Gasteiger partial charge >= 0.3 is 0 Å². The van der Waals surface area contributed by atoms with Crippen LogP contribution in [-0.2, 0) is 0 Å². The SMILES string of the molecule is Cc1cc(Nc2ccc(F)c(C)c2)ccc1N. The second-order valence-electron chi connectivity index (χ2n) is 4.16. The first kappa shape index (κ1) is 11.5. The molecule has 0 aliphatic carbocycles. The Labute approximate surface area is 100 Å². The summed E-state index contributed by atoms with van der Waals surface area (Å²) in [6.45, 7) is 3.70. The van der Waals surface area contributed by atoms with E-state index in [9.17, 15) is 4.39 Å². The lowest BCUT2D eigenvalue weighted by molar-refractivity contribution is 0.619. The van der Waals surface area contributed by atoms with Crippen molar-refractivity contribution in [3.8, 4) is 0 Å². The third kappa shape index (κ3) is 2.56. The van der Waals surface area contributed by atoms with Crippen LogP contribution in [0.2, 0.25) is 0 Å². The van der Waals surface area contributed by atoms with E-state index in [0.29, 0.717) is 5.56 Å². The molecule has 0 aromatic heterocycles. The molecule has 2 nitrogen and oxygen atoms in total. The molecule has 0 atom stereocenters. The van der Waals surface area contributed by atoms with Gasteiger partial charge in [-0.15, -0.1) is 0 Å². The lowest BCUT2D eigenvalue weighted by Gasteiger charge is -2.09. The van der Waals surface area contributed by atoms with Crippen LogP contribution in [0.25, 0.3) is 0 Å². The van der Waals surface area contributed by atoms with Crippen molar-refractivity contribution in [3.63, 3.8) is 0 Å². The minimum Gasteiger partial charge on any atom is -0.399 e. The highest BCUT2D eigenvalue weighted by Crippen LogP contribution is 2.22. The lowest BCUT2D eigenvalue weighted by atomic mass is 10.1. The molecule has 0 amide bonds. The van der Waals surface area contributed by atoms with E-state index in [2.05, 4.69) is 5.32 Å². The van der Waals surface area contributed by atoms with Crippen LogP contribution in [0.1, 0.15) is 11.1 Å². The fourth-order valence-corrected chi connectivity index (χ4v) is 1.64. The molecule has 3 N–H and O–H groups in total. The smallest absolute Gasteiger partial charge is 0.126 e. The van der Waals surface area contributed by atoms with Crippen LogP contribution < -0.4 is 11.1 Å². The average molecular weight is 230 g/mol. The molecule has 0 aliphatic heterocycles. The maximum absolute atomic E-state index is 13.1. The van der Waals surface area contributed by atoms with Gasteiger partial charge in [-0.1, -0.05) is 0 Å². The molecule has 0 radical (unpaired) electrons. The summed E-state index contributed by atoms with van der Waals surface area (Å²) in [5, 5.41) is 3.22. The number of nitrogens with two attached hydrogens (primary N) is 1. The number of aryl methyl sites for hydroxylation is 2. The Balaban J connectivity index is 2.25. The standard InChI is InChI=1S/C14H15FN2/c1-9-7-11(3-5-13(9)15)17-12-4-6-14(16)10(2)8-12/h3-8,17H,16H2,1-2H3. The summed E-state index contributed by atoms with van der Waals surface area (Å²) in [5.74, 6) is -0.191. The zero-order valence-electron chi connectivity index (χ0n) is 9.92. The topological polar surface area (TPSA) is 38.0 Å². The molecule has 2 aromatic carbocycles. The molecule has 3 heteroatoms. The maximum atomic E-state index is 13.1. The van der Waals surface area contributed by atoms with Crippen LogP contribution in [0.4, 0.5) is 21.5 Å². The first-order valence-corrected chi connectivity index (χ1v) is 5.45. The average Bonchev–Trinajstić information content (AvgIpc) is 2.29. The molecular weight excluding hydrogens is 215 g/mol. The highest BCUT2D eigenvalue weighted by molar-refractivity contribution is 5.64. The predicted octanol–water partition coefficient (Wildman–Crippen LogP) is 3.77. The number of hydrogen-bond acceptors (Lipinski definition) is 2. The van der Waals surface area contributed by atoms with Crippen molar-refractivity contribution in [3.05, 3.63) is 53.3 Å². The molecule has 0 spiro atoms. The highest BCUT2D eigenvalue weighted by Gasteiger charge is 2.00. The molecule has 17 heavy (non-hydrogen) atoms. The quantitative estimate of drug-likeness (QED) is 0.771. The number of nitrogen functional groups attached to an aromatic ring is 1. The van der Waals surface area contributed by atoms with Gasteiger partial charge in [-0.3, -0.25) is 0 Å². The maximum Gasteiger partial charge on any atom is 0.126 e. The van der Waals surface area contributed by atoms with E-state index < -0.39 is 0 Å². The van der Waals surface area contributed by atoms with Crippen molar-refractivity contribution < 1.29 is 4.39 Å². The molecule has 0 aliphatic rings. The second-order valence-corrected chi connectivity index (χ2v) is 4.16. The van der Waals surface area contributed by atoms with Crippen LogP contribution in [0.3, 0.4) is 0 Å². The second kappa shape index (κ2) is 4.45. The van der Waals surface area contributed by atoms with Crippen LogP contribution in [0.15, 0.2) is 36.4 Å². The monoisotopic (exact) mass is 230 g/mol. The minimum atomic E-state index is -0.191. The number of anilines is 3. The van der Waals surface area contributed by atoms with E-state index >= 15 is 0 Å². The summed E-state index contributed by atoms with van der Waals surface area (Å²) < 4.78 is 13.1. The Morgan fingerprint density at radius 3 is 2.12 bits per heavy atom. The van der Waals surface area contributed by atoms with Crippen molar-refractivity contribution in [1.29, 1.82) is 0 Å². The van der Waals surface area contributed by atoms with Crippen LogP contribution >= 0.6 is 0 Å². The number of rotatable bonds is 2. The van der Waals surface area contributed by atoms with Gasteiger partial charge in [-0.25, -0.2) is 4.39 Å². The summed E-state index contributed by atoms with van der Waals surface area (Å²) in [6.07, 6.45) is 0. The number of hydrogen-bond donors (Lipinski definition) is 2. The van der Waals surface area contributed by atoms with Gasteiger partial charge in [-0.05, 0) is 61.4 Å². The number of benzene rings is 2. The van der Waals surface area contributed by atoms with Gasteiger partial charge < -0.3 is 11.1 Å². The third-order valence-corrected chi connectivity index (χ3v) is 2.72. The van der Waals surface area contributed by atoms with Gasteiger partial charge in [0.1, 0.15) is 5.82 Å². The van der Waals surface area contributed by atoms with E-state index in [1.807, 2.05) is 25.1 Å². The fraction of sp³-hybridized carbons (Fsp3) is 0.143. The van der Waals surface area contributed by atoms with Gasteiger partial charge in [0.25, 0.3) is 0 Å². The zero-order valence-corrected chi connectivity index (χ0v) is 9.92. The fourth-order valence-electron chi connectivity index (χ4n) is 1.64. The first-order valence-electron chi connectivity index (χ1n) is 5.45. The molecule has 0 fully saturated rings. The van der Waals surface area contributed by atoms with Crippen LogP contribution in [-0.4, -0.2) is 0 Å². The Bertz CT molecular complexity index is 500. The van der Waals surface area contributed by atoms with Crippen molar-refractivity contribution in [2.45, 2.75) is 13.8 Å². The third-order valence-electron chi connectivity index (χ3n) is 2.72. The Hall–Kier alpha value is -2.03. The molecule has 2 rings (SSSR count). The van der Waals surface area contributed by atoms with Crippen LogP contribution in [0.5, 0.6) is 0 Å².